The monoisotopic (exact) mass is 271 g/mol. The summed E-state index contributed by atoms with van der Waals surface area (Å²) in [4.78, 5) is 13.5. The minimum Gasteiger partial charge on any atom is -0.484 e. The molecular weight excluding hydrogens is 254 g/mol. The number of carbonyl (C=O) groups is 1. The number of hydrogen-bond donors (Lipinski definition) is 0. The molecule has 0 N–H and O–H groups in total. The molecule has 0 spiro atoms. The van der Waals surface area contributed by atoms with E-state index in [0.29, 0.717) is 18.8 Å². The first-order valence-electron chi connectivity index (χ1n) is 6.38. The highest BCUT2D eigenvalue weighted by Gasteiger charge is 2.13. The average molecular weight is 271 g/mol. The lowest BCUT2D eigenvalue weighted by Gasteiger charge is -2.20. The van der Waals surface area contributed by atoms with Crippen molar-refractivity contribution < 1.29 is 9.53 Å². The van der Waals surface area contributed by atoms with Crippen LogP contribution in [0.3, 0.4) is 0 Å². The minimum atomic E-state index is -0.212. The van der Waals surface area contributed by atoms with Crippen LogP contribution in [0.2, 0.25) is 0 Å². The van der Waals surface area contributed by atoms with Crippen LogP contribution in [0, 0.1) is 29.6 Å². The quantitative estimate of drug-likeness (QED) is 0.760. The molecule has 0 fully saturated rings. The molecule has 0 aliphatic rings. The molecule has 0 aliphatic heterocycles. The van der Waals surface area contributed by atoms with Crippen LogP contribution in [0.15, 0.2) is 24.3 Å². The van der Waals surface area contributed by atoms with E-state index in [0.717, 1.165) is 5.56 Å². The van der Waals surface area contributed by atoms with Gasteiger partial charge < -0.3 is 9.64 Å². The molecule has 0 saturated carbocycles. The summed E-state index contributed by atoms with van der Waals surface area (Å²) < 4.78 is 5.41. The summed E-state index contributed by atoms with van der Waals surface area (Å²) in [7, 11) is 0. The van der Waals surface area contributed by atoms with Crippen molar-refractivity contribution in [1.29, 1.82) is 10.5 Å². The van der Waals surface area contributed by atoms with Crippen LogP contribution in [0.5, 0.6) is 5.75 Å². The van der Waals surface area contributed by atoms with E-state index in [9.17, 15) is 4.79 Å². The van der Waals surface area contributed by atoms with E-state index in [1.54, 1.807) is 12.1 Å². The molecule has 0 heterocycles. The topological polar surface area (TPSA) is 77.1 Å². The van der Waals surface area contributed by atoms with E-state index in [1.165, 1.54) is 4.90 Å². The Hall–Kier alpha value is -2.53. The maximum atomic E-state index is 12.0. The average Bonchev–Trinajstić information content (AvgIpc) is 2.46. The summed E-state index contributed by atoms with van der Waals surface area (Å²) in [5, 5.41) is 17.1. The number of aryl methyl sites for hydroxylation is 1. The summed E-state index contributed by atoms with van der Waals surface area (Å²) >= 11 is 0. The Bertz CT molecular complexity index is 493. The van der Waals surface area contributed by atoms with E-state index >= 15 is 0 Å². The molecule has 5 heteroatoms. The lowest BCUT2D eigenvalue weighted by Crippen LogP contribution is -2.36. The molecule has 1 rings (SSSR count). The molecule has 0 radical (unpaired) electrons. The molecule has 20 heavy (non-hydrogen) atoms. The minimum absolute atomic E-state index is 0.0834. The van der Waals surface area contributed by atoms with Gasteiger partial charge in [-0.2, -0.15) is 10.5 Å². The van der Waals surface area contributed by atoms with Gasteiger partial charge in [0.1, 0.15) is 5.75 Å². The molecule has 0 aliphatic carbocycles. The number of amides is 1. The first-order valence-corrected chi connectivity index (χ1v) is 6.38. The fourth-order valence-electron chi connectivity index (χ4n) is 1.60. The summed E-state index contributed by atoms with van der Waals surface area (Å²) in [6, 6.07) is 11.4. The second-order valence-corrected chi connectivity index (χ2v) is 4.30. The third-order valence-corrected chi connectivity index (χ3v) is 2.72. The zero-order valence-corrected chi connectivity index (χ0v) is 11.5. The van der Waals surface area contributed by atoms with Crippen LogP contribution in [0.1, 0.15) is 18.4 Å². The molecule has 0 saturated heterocycles. The highest BCUT2D eigenvalue weighted by Crippen LogP contribution is 2.11. The number of carbonyl (C=O) groups excluding carboxylic acids is 1. The van der Waals surface area contributed by atoms with Gasteiger partial charge in [-0.3, -0.25) is 4.79 Å². The van der Waals surface area contributed by atoms with Gasteiger partial charge in [0, 0.05) is 13.1 Å². The van der Waals surface area contributed by atoms with Crippen LogP contribution in [-0.2, 0) is 4.79 Å². The van der Waals surface area contributed by atoms with E-state index in [4.69, 9.17) is 15.3 Å². The van der Waals surface area contributed by atoms with Gasteiger partial charge in [0.05, 0.1) is 25.0 Å². The van der Waals surface area contributed by atoms with Gasteiger partial charge in [-0.05, 0) is 19.1 Å². The SMILES string of the molecule is Cc1ccc(OCC(=O)N(CCC#N)CCC#N)cc1. The van der Waals surface area contributed by atoms with Crippen molar-refractivity contribution in [2.75, 3.05) is 19.7 Å². The standard InChI is InChI=1S/C15H17N3O2/c1-13-4-6-14(7-5-13)20-12-15(19)18(10-2-8-16)11-3-9-17/h4-7H,2-3,10-12H2,1H3. The van der Waals surface area contributed by atoms with Crippen molar-refractivity contribution in [2.24, 2.45) is 0 Å². The summed E-state index contributed by atoms with van der Waals surface area (Å²) in [5.41, 5.74) is 1.12. The largest absolute Gasteiger partial charge is 0.484 e. The lowest BCUT2D eigenvalue weighted by molar-refractivity contribution is -0.133. The van der Waals surface area contributed by atoms with Gasteiger partial charge in [-0.1, -0.05) is 17.7 Å². The third-order valence-electron chi connectivity index (χ3n) is 2.72. The van der Waals surface area contributed by atoms with Gasteiger partial charge >= 0.3 is 0 Å². The molecule has 0 bridgehead atoms. The lowest BCUT2D eigenvalue weighted by atomic mass is 10.2. The van der Waals surface area contributed by atoms with Crippen molar-refractivity contribution in [1.82, 2.24) is 4.90 Å². The Morgan fingerprint density at radius 3 is 2.20 bits per heavy atom. The second kappa shape index (κ2) is 8.55. The Morgan fingerprint density at radius 2 is 1.70 bits per heavy atom. The Labute approximate surface area is 119 Å². The molecule has 104 valence electrons. The molecule has 0 atom stereocenters. The van der Waals surface area contributed by atoms with Crippen molar-refractivity contribution in [2.45, 2.75) is 19.8 Å². The smallest absolute Gasteiger partial charge is 0.260 e. The van der Waals surface area contributed by atoms with Crippen LogP contribution < -0.4 is 4.74 Å². The summed E-state index contributed by atoms with van der Waals surface area (Å²) in [5.74, 6) is 0.417. The Kier molecular flexibility index (Phi) is 6.64. The first kappa shape index (κ1) is 15.5. The van der Waals surface area contributed by atoms with Crippen molar-refractivity contribution in [3.8, 4) is 17.9 Å². The number of benzene rings is 1. The number of nitrogens with zero attached hydrogens (tertiary/aromatic N) is 3. The molecule has 1 amide bonds. The van der Waals surface area contributed by atoms with Crippen molar-refractivity contribution in [3.05, 3.63) is 29.8 Å². The normalized spacial score (nSPS) is 9.35. The zero-order valence-electron chi connectivity index (χ0n) is 11.5. The maximum Gasteiger partial charge on any atom is 0.260 e. The van der Waals surface area contributed by atoms with Crippen molar-refractivity contribution >= 4 is 5.91 Å². The molecule has 1 aromatic rings. The molecular formula is C15H17N3O2. The number of nitriles is 2. The first-order chi connectivity index (χ1) is 9.67. The van der Waals surface area contributed by atoms with E-state index < -0.39 is 0 Å². The number of rotatable bonds is 7. The fourth-order valence-corrected chi connectivity index (χ4v) is 1.60. The van der Waals surface area contributed by atoms with E-state index in [1.807, 2.05) is 31.2 Å². The van der Waals surface area contributed by atoms with Crippen LogP contribution in [0.4, 0.5) is 0 Å². The van der Waals surface area contributed by atoms with E-state index in [-0.39, 0.29) is 25.4 Å². The van der Waals surface area contributed by atoms with Crippen LogP contribution in [0.25, 0.3) is 0 Å². The highest BCUT2D eigenvalue weighted by atomic mass is 16.5. The third kappa shape index (κ3) is 5.41. The predicted molar refractivity (Wildman–Crippen MR) is 73.7 cm³/mol. The van der Waals surface area contributed by atoms with Crippen LogP contribution in [-0.4, -0.2) is 30.5 Å². The van der Waals surface area contributed by atoms with Gasteiger partial charge in [-0.25, -0.2) is 0 Å². The summed E-state index contributed by atoms with van der Waals surface area (Å²) in [6.45, 7) is 2.54. The molecule has 1 aromatic carbocycles. The zero-order chi connectivity index (χ0) is 14.8. The predicted octanol–water partition coefficient (Wildman–Crippen LogP) is 2.03. The van der Waals surface area contributed by atoms with Gasteiger partial charge in [0.15, 0.2) is 6.61 Å². The van der Waals surface area contributed by atoms with Gasteiger partial charge in [0.25, 0.3) is 5.91 Å². The molecule has 0 aromatic heterocycles. The van der Waals surface area contributed by atoms with Crippen LogP contribution >= 0.6 is 0 Å². The molecule has 5 nitrogen and oxygen atoms in total. The maximum absolute atomic E-state index is 12.0. The Balaban J connectivity index is 2.50. The van der Waals surface area contributed by atoms with Crippen molar-refractivity contribution in [3.63, 3.8) is 0 Å². The number of hydrogen-bond acceptors (Lipinski definition) is 4. The second-order valence-electron chi connectivity index (χ2n) is 4.30. The Morgan fingerprint density at radius 1 is 1.15 bits per heavy atom. The highest BCUT2D eigenvalue weighted by molar-refractivity contribution is 5.77. The van der Waals surface area contributed by atoms with Gasteiger partial charge in [-0.15, -0.1) is 0 Å². The number of ether oxygens (including phenoxy) is 1. The van der Waals surface area contributed by atoms with Gasteiger partial charge in [0.2, 0.25) is 0 Å². The molecule has 0 unspecified atom stereocenters. The van der Waals surface area contributed by atoms with E-state index in [2.05, 4.69) is 0 Å². The summed E-state index contributed by atoms with van der Waals surface area (Å²) in [6.07, 6.45) is 0.503. The fraction of sp³-hybridized carbons (Fsp3) is 0.400.